The smallest absolute Gasteiger partial charge is 0.333 e. The minimum Gasteiger partial charge on any atom is -0.454 e. The fraction of sp³-hybridized carbons (Fsp3) is 0.308. The summed E-state index contributed by atoms with van der Waals surface area (Å²) in [5, 5.41) is 3.07. The van der Waals surface area contributed by atoms with E-state index >= 15 is 0 Å². The van der Waals surface area contributed by atoms with Crippen molar-refractivity contribution >= 4 is 11.7 Å². The topological polar surface area (TPSA) is 38.3 Å². The summed E-state index contributed by atoms with van der Waals surface area (Å²) < 4.78 is 5.26. The van der Waals surface area contributed by atoms with Gasteiger partial charge in [0.05, 0.1) is 0 Å². The third-order valence-corrected chi connectivity index (χ3v) is 2.30. The molecule has 1 unspecified atom stereocenters. The number of esters is 1. The lowest BCUT2D eigenvalue weighted by molar-refractivity contribution is -0.143. The van der Waals surface area contributed by atoms with E-state index in [1.54, 1.807) is 6.92 Å². The summed E-state index contributed by atoms with van der Waals surface area (Å²) in [5.74, 6) is -0.363. The van der Waals surface area contributed by atoms with Gasteiger partial charge in [-0.05, 0) is 19.9 Å². The molecule has 0 saturated carbocycles. The minimum absolute atomic E-state index is 0.284. The number of anilines is 1. The Morgan fingerprint density at radius 2 is 2.06 bits per heavy atom. The maximum atomic E-state index is 11.4. The molecule has 0 amide bonds. The average molecular weight is 219 g/mol. The van der Waals surface area contributed by atoms with Gasteiger partial charge in [0.2, 0.25) is 0 Å². The summed E-state index contributed by atoms with van der Waals surface area (Å²) in [6.07, 6.45) is -0.284. The second kappa shape index (κ2) is 5.35. The van der Waals surface area contributed by atoms with Crippen molar-refractivity contribution in [3.63, 3.8) is 0 Å². The molecule has 0 aliphatic carbocycles. The van der Waals surface area contributed by atoms with Crippen molar-refractivity contribution in [2.75, 3.05) is 12.4 Å². The van der Waals surface area contributed by atoms with Crippen molar-refractivity contribution in [1.82, 2.24) is 0 Å². The molecular formula is C13H17NO2. The molecule has 0 fully saturated rings. The monoisotopic (exact) mass is 219 g/mol. The van der Waals surface area contributed by atoms with Gasteiger partial charge in [0.1, 0.15) is 6.10 Å². The van der Waals surface area contributed by atoms with Crippen LogP contribution in [0.1, 0.15) is 25.5 Å². The van der Waals surface area contributed by atoms with Crippen LogP contribution in [0, 0.1) is 0 Å². The lowest BCUT2D eigenvalue weighted by atomic mass is 10.1. The van der Waals surface area contributed by atoms with E-state index in [9.17, 15) is 4.79 Å². The number of rotatable bonds is 4. The summed E-state index contributed by atoms with van der Waals surface area (Å²) in [4.78, 5) is 11.4. The first-order valence-corrected chi connectivity index (χ1v) is 5.19. The maximum Gasteiger partial charge on any atom is 0.333 e. The predicted molar refractivity (Wildman–Crippen MR) is 65.3 cm³/mol. The molecule has 0 aliphatic heterocycles. The molecule has 1 aromatic carbocycles. The van der Waals surface area contributed by atoms with Crippen LogP contribution in [0.3, 0.4) is 0 Å². The predicted octanol–water partition coefficient (Wildman–Crippen LogP) is 2.91. The summed E-state index contributed by atoms with van der Waals surface area (Å²) in [6.45, 7) is 7.04. The Labute approximate surface area is 96.1 Å². The highest BCUT2D eigenvalue weighted by atomic mass is 16.5. The van der Waals surface area contributed by atoms with Crippen LogP contribution in [0.15, 0.2) is 36.4 Å². The van der Waals surface area contributed by atoms with E-state index in [4.69, 9.17) is 4.74 Å². The standard InChI is InChI=1S/C13H17NO2/c1-9(2)13(15)16-10(3)11-7-5-6-8-12(11)14-4/h5-8,10,14H,1H2,2-4H3. The number of hydrogen-bond donors (Lipinski definition) is 1. The molecule has 0 saturated heterocycles. The molecule has 0 bridgehead atoms. The van der Waals surface area contributed by atoms with Gasteiger partial charge in [-0.3, -0.25) is 0 Å². The van der Waals surface area contributed by atoms with Crippen molar-refractivity contribution in [3.05, 3.63) is 42.0 Å². The zero-order valence-electron chi connectivity index (χ0n) is 9.91. The summed E-state index contributed by atoms with van der Waals surface area (Å²) in [6, 6.07) is 7.73. The summed E-state index contributed by atoms with van der Waals surface area (Å²) in [7, 11) is 1.84. The quantitative estimate of drug-likeness (QED) is 0.625. The molecule has 1 N–H and O–H groups in total. The summed E-state index contributed by atoms with van der Waals surface area (Å²) in [5.41, 5.74) is 2.33. The van der Waals surface area contributed by atoms with Gasteiger partial charge in [-0.1, -0.05) is 24.8 Å². The molecule has 0 radical (unpaired) electrons. The number of benzene rings is 1. The van der Waals surface area contributed by atoms with Gasteiger partial charge in [-0.15, -0.1) is 0 Å². The molecule has 0 heterocycles. The molecule has 0 aromatic heterocycles. The van der Waals surface area contributed by atoms with Crippen molar-refractivity contribution in [2.24, 2.45) is 0 Å². The largest absolute Gasteiger partial charge is 0.454 e. The van der Waals surface area contributed by atoms with Crippen LogP contribution in [0.25, 0.3) is 0 Å². The van der Waals surface area contributed by atoms with E-state index in [2.05, 4.69) is 11.9 Å². The third-order valence-electron chi connectivity index (χ3n) is 2.30. The number of nitrogens with one attached hydrogen (secondary N) is 1. The van der Waals surface area contributed by atoms with Crippen molar-refractivity contribution < 1.29 is 9.53 Å². The van der Waals surface area contributed by atoms with Crippen LogP contribution >= 0.6 is 0 Å². The lowest BCUT2D eigenvalue weighted by Crippen LogP contribution is -2.10. The molecular weight excluding hydrogens is 202 g/mol. The average Bonchev–Trinajstić information content (AvgIpc) is 2.28. The third kappa shape index (κ3) is 2.86. The molecule has 16 heavy (non-hydrogen) atoms. The fourth-order valence-corrected chi connectivity index (χ4v) is 1.40. The molecule has 3 heteroatoms. The molecule has 1 rings (SSSR count). The van der Waals surface area contributed by atoms with Gasteiger partial charge in [0.25, 0.3) is 0 Å². The zero-order valence-corrected chi connectivity index (χ0v) is 9.91. The van der Waals surface area contributed by atoms with Gasteiger partial charge in [-0.25, -0.2) is 4.79 Å². The minimum atomic E-state index is -0.363. The molecule has 3 nitrogen and oxygen atoms in total. The highest BCUT2D eigenvalue weighted by molar-refractivity contribution is 5.87. The van der Waals surface area contributed by atoms with Gasteiger partial charge in [0, 0.05) is 23.9 Å². The first kappa shape index (κ1) is 12.3. The van der Waals surface area contributed by atoms with E-state index in [1.807, 2.05) is 38.2 Å². The van der Waals surface area contributed by atoms with Gasteiger partial charge in [-0.2, -0.15) is 0 Å². The normalized spacial score (nSPS) is 11.7. The van der Waals surface area contributed by atoms with Crippen molar-refractivity contribution in [3.8, 4) is 0 Å². The van der Waals surface area contributed by atoms with Gasteiger partial charge in [0.15, 0.2) is 0 Å². The first-order valence-electron chi connectivity index (χ1n) is 5.19. The van der Waals surface area contributed by atoms with Crippen molar-refractivity contribution in [1.29, 1.82) is 0 Å². The second-order valence-electron chi connectivity index (χ2n) is 3.67. The zero-order chi connectivity index (χ0) is 12.1. The van der Waals surface area contributed by atoms with E-state index in [0.717, 1.165) is 11.3 Å². The van der Waals surface area contributed by atoms with Crippen LogP contribution in [0.5, 0.6) is 0 Å². The Morgan fingerprint density at radius 3 is 2.62 bits per heavy atom. The Morgan fingerprint density at radius 1 is 1.44 bits per heavy atom. The first-order chi connectivity index (χ1) is 7.56. The number of ether oxygens (including phenoxy) is 1. The SMILES string of the molecule is C=C(C)C(=O)OC(C)c1ccccc1NC. The van der Waals surface area contributed by atoms with E-state index in [1.165, 1.54) is 0 Å². The van der Waals surface area contributed by atoms with E-state index < -0.39 is 0 Å². The number of hydrogen-bond acceptors (Lipinski definition) is 3. The Bertz CT molecular complexity index is 399. The van der Waals surface area contributed by atoms with E-state index in [-0.39, 0.29) is 12.1 Å². The highest BCUT2D eigenvalue weighted by Gasteiger charge is 2.14. The Kier molecular flexibility index (Phi) is 4.11. The molecule has 1 atom stereocenters. The fourth-order valence-electron chi connectivity index (χ4n) is 1.40. The van der Waals surface area contributed by atoms with Gasteiger partial charge >= 0.3 is 5.97 Å². The van der Waals surface area contributed by atoms with Gasteiger partial charge < -0.3 is 10.1 Å². The van der Waals surface area contributed by atoms with Crippen LogP contribution in [-0.4, -0.2) is 13.0 Å². The Hall–Kier alpha value is -1.77. The van der Waals surface area contributed by atoms with Crippen LogP contribution < -0.4 is 5.32 Å². The summed E-state index contributed by atoms with van der Waals surface area (Å²) >= 11 is 0. The molecule has 0 aliphatic rings. The van der Waals surface area contributed by atoms with Crippen LogP contribution in [0.4, 0.5) is 5.69 Å². The van der Waals surface area contributed by atoms with Crippen LogP contribution in [0.2, 0.25) is 0 Å². The highest BCUT2D eigenvalue weighted by Crippen LogP contribution is 2.25. The van der Waals surface area contributed by atoms with Crippen molar-refractivity contribution in [2.45, 2.75) is 20.0 Å². The maximum absolute atomic E-state index is 11.4. The number of carbonyl (C=O) groups excluding carboxylic acids is 1. The Balaban J connectivity index is 2.84. The lowest BCUT2D eigenvalue weighted by Gasteiger charge is -2.16. The molecule has 1 aromatic rings. The van der Waals surface area contributed by atoms with Crippen LogP contribution in [-0.2, 0) is 9.53 Å². The molecule has 0 spiro atoms. The van der Waals surface area contributed by atoms with E-state index in [0.29, 0.717) is 5.57 Å². The number of carbonyl (C=O) groups is 1. The number of para-hydroxylation sites is 1. The second-order valence-corrected chi connectivity index (χ2v) is 3.67. The molecule has 86 valence electrons.